The predicted octanol–water partition coefficient (Wildman–Crippen LogP) is 0.613. The van der Waals surface area contributed by atoms with Crippen LogP contribution in [-0.4, -0.2) is 49.4 Å². The Kier molecular flexibility index (Phi) is 6.03. The van der Waals surface area contributed by atoms with E-state index in [4.69, 9.17) is 5.41 Å². The van der Waals surface area contributed by atoms with Crippen molar-refractivity contribution >= 4 is 44.6 Å². The summed E-state index contributed by atoms with van der Waals surface area (Å²) < 4.78 is 36.2. The third-order valence-electron chi connectivity index (χ3n) is 4.62. The summed E-state index contributed by atoms with van der Waals surface area (Å²) >= 11 is 1.68. The second kappa shape index (κ2) is 8.59. The fourth-order valence-corrected chi connectivity index (χ4v) is 6.38. The molecule has 0 atom stereocenters. The number of benzene rings is 2. The molecule has 2 heterocycles. The Labute approximate surface area is 185 Å². The standard InChI is InChI=1S/C18H17N7O3S3/c1-25(2)8-9-31(27,28)13-7-6-10(14(16(13)30-26)17-21-23-24-22-17)11-4-3-5-12-15(11)20-18(19)29-12/h3-7,19,26H,8-9H2,1-2H3/p+1. The number of para-hydroxylation sites is 1. The molecule has 0 fully saturated rings. The highest BCUT2D eigenvalue weighted by Crippen LogP contribution is 2.25. The maximum Gasteiger partial charge on any atom is 0.355 e. The number of nitrogens with zero attached hydrogens (tertiary/aromatic N) is 6. The van der Waals surface area contributed by atoms with Gasteiger partial charge < -0.3 is 9.45 Å². The van der Waals surface area contributed by atoms with E-state index in [1.165, 1.54) is 17.8 Å². The fraction of sp³-hybridized carbons (Fsp3) is 0.222. The van der Waals surface area contributed by atoms with Crippen molar-refractivity contribution in [3.63, 3.8) is 0 Å². The summed E-state index contributed by atoms with van der Waals surface area (Å²) in [7, 11) is -0.116. The van der Waals surface area contributed by atoms with Crippen LogP contribution in [0.25, 0.3) is 5.82 Å². The minimum atomic E-state index is -3.70. The molecule has 2 aromatic carbocycles. The lowest BCUT2D eigenvalue weighted by Gasteiger charge is -2.12. The van der Waals surface area contributed by atoms with Crippen LogP contribution in [0.4, 0.5) is 0 Å². The molecule has 0 unspecified atom stereocenters. The smallest absolute Gasteiger partial charge is 0.325 e. The Morgan fingerprint density at radius 3 is 2.55 bits per heavy atom. The maximum atomic E-state index is 13.1. The third kappa shape index (κ3) is 4.19. The van der Waals surface area contributed by atoms with Gasteiger partial charge in [-0.25, -0.2) is 8.42 Å². The van der Waals surface area contributed by atoms with Crippen molar-refractivity contribution in [2.45, 2.75) is 14.7 Å². The van der Waals surface area contributed by atoms with Gasteiger partial charge >= 0.3 is 5.17 Å². The molecule has 2 aliphatic rings. The second-order valence-corrected chi connectivity index (χ2v) is 10.7. The first-order valence-corrected chi connectivity index (χ1v) is 12.3. The Balaban J connectivity index is 2.17. The molecule has 3 N–H and O–H groups in total. The van der Waals surface area contributed by atoms with Gasteiger partial charge in [0.25, 0.3) is 0 Å². The van der Waals surface area contributed by atoms with Crippen molar-refractivity contribution in [1.82, 2.24) is 4.90 Å². The first-order valence-electron chi connectivity index (χ1n) is 9.02. The number of amidine groups is 1. The van der Waals surface area contributed by atoms with Crippen LogP contribution in [-0.2, 0) is 9.84 Å². The highest BCUT2D eigenvalue weighted by atomic mass is 32.2. The number of fused-ring (bicyclic) bond motifs is 1. The predicted molar refractivity (Wildman–Crippen MR) is 116 cm³/mol. The number of sulfone groups is 1. The van der Waals surface area contributed by atoms with Crippen molar-refractivity contribution in [3.05, 3.63) is 51.3 Å². The van der Waals surface area contributed by atoms with Gasteiger partial charge in [0.2, 0.25) is 5.82 Å². The summed E-state index contributed by atoms with van der Waals surface area (Å²) in [6.07, 6.45) is 0. The molecule has 0 saturated heterocycles. The summed E-state index contributed by atoms with van der Waals surface area (Å²) in [5.74, 6) is -0.000426. The zero-order valence-electron chi connectivity index (χ0n) is 16.6. The van der Waals surface area contributed by atoms with Gasteiger partial charge in [0, 0.05) is 40.8 Å². The first-order chi connectivity index (χ1) is 14.8. The van der Waals surface area contributed by atoms with Crippen molar-refractivity contribution in [1.29, 1.82) is 0 Å². The van der Waals surface area contributed by atoms with Crippen LogP contribution in [0.15, 0.2) is 70.7 Å². The topological polar surface area (TPSA) is 145 Å². The summed E-state index contributed by atoms with van der Waals surface area (Å²) in [5.41, 5.74) is 0. The van der Waals surface area contributed by atoms with Gasteiger partial charge in [-0.3, -0.25) is 5.41 Å². The molecule has 0 saturated carbocycles. The van der Waals surface area contributed by atoms with Crippen LogP contribution in [0, 0.1) is 10.4 Å². The molecule has 13 heteroatoms. The summed E-state index contributed by atoms with van der Waals surface area (Å²) in [4.78, 5) is 7.19. The molecule has 160 valence electrons. The SMILES string of the molecule is CN(C)CCS(=O)(=O)c1ccc(=c2cccc3c2=NC(=[NH2+])S3)c(=C2N=NN=N2)c1SO. The Morgan fingerprint density at radius 1 is 1.13 bits per heavy atom. The monoisotopic (exact) mass is 476 g/mol. The average molecular weight is 477 g/mol. The van der Waals surface area contributed by atoms with Crippen LogP contribution in [0.2, 0.25) is 0 Å². The van der Waals surface area contributed by atoms with E-state index < -0.39 is 9.84 Å². The highest BCUT2D eigenvalue weighted by molar-refractivity contribution is 8.13. The molecule has 0 aromatic heterocycles. The van der Waals surface area contributed by atoms with Crippen molar-refractivity contribution in [3.8, 4) is 0 Å². The molecular weight excluding hydrogens is 458 g/mol. The van der Waals surface area contributed by atoms with Gasteiger partial charge in [0.1, 0.15) is 0 Å². The Hall–Kier alpha value is -2.45. The highest BCUT2D eigenvalue weighted by Gasteiger charge is 2.24. The van der Waals surface area contributed by atoms with Gasteiger partial charge in [-0.15, -0.1) is 10.2 Å². The third-order valence-corrected chi connectivity index (χ3v) is 7.94. The zero-order valence-corrected chi connectivity index (χ0v) is 19.0. The Bertz CT molecular complexity index is 1450. The lowest BCUT2D eigenvalue weighted by atomic mass is 10.1. The normalized spacial score (nSPS) is 16.3. The minimum Gasteiger partial charge on any atom is -0.325 e. The summed E-state index contributed by atoms with van der Waals surface area (Å²) in [5, 5.41) is 23.5. The molecule has 0 aliphatic carbocycles. The molecule has 0 amide bonds. The number of rotatable bonds is 5. The van der Waals surface area contributed by atoms with Crippen LogP contribution in [0.1, 0.15) is 0 Å². The molecule has 31 heavy (non-hydrogen) atoms. The maximum absolute atomic E-state index is 13.1. The molecule has 2 aliphatic heterocycles. The zero-order chi connectivity index (χ0) is 22.2. The summed E-state index contributed by atoms with van der Waals surface area (Å²) in [6, 6.07) is 8.75. The van der Waals surface area contributed by atoms with Crippen molar-refractivity contribution in [2.75, 3.05) is 26.4 Å². The number of thioether (sulfide) groups is 1. The second-order valence-electron chi connectivity index (χ2n) is 6.94. The van der Waals surface area contributed by atoms with Crippen LogP contribution >= 0.6 is 23.8 Å². The van der Waals surface area contributed by atoms with E-state index in [0.29, 0.717) is 44.8 Å². The molecule has 0 bridgehead atoms. The fourth-order valence-electron chi connectivity index (χ4n) is 3.19. The molecular formula is C18H18N7O3S3+. The average Bonchev–Trinajstić information content (AvgIpc) is 3.39. The van der Waals surface area contributed by atoms with Gasteiger partial charge in [-0.2, -0.15) is 0 Å². The van der Waals surface area contributed by atoms with Gasteiger partial charge in [-0.05, 0) is 53.0 Å². The van der Waals surface area contributed by atoms with E-state index in [1.54, 1.807) is 25.1 Å². The van der Waals surface area contributed by atoms with Gasteiger partial charge in [0.15, 0.2) is 15.2 Å². The largest absolute Gasteiger partial charge is 0.355 e. The van der Waals surface area contributed by atoms with Crippen LogP contribution in [0.3, 0.4) is 0 Å². The summed E-state index contributed by atoms with van der Waals surface area (Å²) in [6.45, 7) is 0.336. The van der Waals surface area contributed by atoms with Crippen LogP contribution in [0.5, 0.6) is 0 Å². The molecule has 4 rings (SSSR count). The molecule has 0 spiro atoms. The first kappa shape index (κ1) is 21.8. The Morgan fingerprint density at radius 2 is 1.87 bits per heavy atom. The number of hydrogen-bond acceptors (Lipinski definition) is 10. The van der Waals surface area contributed by atoms with E-state index in [0.717, 1.165) is 4.90 Å². The quantitative estimate of drug-likeness (QED) is 0.605. The number of hydrogen-bond donors (Lipinski definition) is 2. The van der Waals surface area contributed by atoms with E-state index in [-0.39, 0.29) is 21.4 Å². The minimum absolute atomic E-state index is 0.00429. The van der Waals surface area contributed by atoms with Gasteiger partial charge in [-0.1, -0.05) is 12.1 Å². The van der Waals surface area contributed by atoms with Crippen molar-refractivity contribution < 1.29 is 18.4 Å². The number of nitrogens with two attached hydrogens (primary N) is 1. The molecule has 10 nitrogen and oxygen atoms in total. The van der Waals surface area contributed by atoms with E-state index in [2.05, 4.69) is 25.7 Å². The lowest BCUT2D eigenvalue weighted by Crippen LogP contribution is -2.35. The van der Waals surface area contributed by atoms with E-state index in [1.807, 2.05) is 18.2 Å². The molecule has 0 radical (unpaired) electrons. The van der Waals surface area contributed by atoms with Gasteiger partial charge in [0.05, 0.1) is 20.4 Å². The van der Waals surface area contributed by atoms with Crippen molar-refractivity contribution in [2.24, 2.45) is 25.7 Å². The molecule has 2 aromatic rings. The van der Waals surface area contributed by atoms with E-state index in [9.17, 15) is 13.0 Å². The van der Waals surface area contributed by atoms with E-state index >= 15 is 0 Å². The lowest BCUT2D eigenvalue weighted by molar-refractivity contribution is -0.109. The van der Waals surface area contributed by atoms with Crippen LogP contribution < -0.4 is 16.0 Å².